The number of hydrogen-bond acceptors (Lipinski definition) is 6. The average molecular weight is 304 g/mol. The first-order valence-corrected chi connectivity index (χ1v) is 6.81. The smallest absolute Gasteiger partial charge is 0.200 e. The van der Waals surface area contributed by atoms with Crippen molar-refractivity contribution in [2.45, 2.75) is 18.9 Å². The first kappa shape index (κ1) is 14.2. The maximum atomic E-state index is 9.82. The quantitative estimate of drug-likeness (QED) is 0.636. The van der Waals surface area contributed by atoms with E-state index < -0.39 is 0 Å². The van der Waals surface area contributed by atoms with E-state index in [0.717, 1.165) is 0 Å². The Hall–Kier alpha value is -2.76. The Kier molecular flexibility index (Phi) is 3.36. The fraction of sp³-hybridized carbons (Fsp3) is 0.250. The topological polar surface area (TPSA) is 99.4 Å². The highest BCUT2D eigenvalue weighted by Crippen LogP contribution is 2.44. The van der Waals surface area contributed by atoms with Crippen molar-refractivity contribution < 1.29 is 29.9 Å². The van der Waals surface area contributed by atoms with E-state index in [1.165, 1.54) is 25.3 Å². The van der Waals surface area contributed by atoms with Crippen LogP contribution < -0.4 is 9.47 Å². The van der Waals surface area contributed by atoms with Crippen molar-refractivity contribution in [3.05, 3.63) is 35.4 Å². The zero-order valence-corrected chi connectivity index (χ0v) is 11.9. The van der Waals surface area contributed by atoms with Gasteiger partial charge in [-0.3, -0.25) is 0 Å². The Morgan fingerprint density at radius 1 is 1.05 bits per heavy atom. The summed E-state index contributed by atoms with van der Waals surface area (Å²) < 4.78 is 10.8. The van der Waals surface area contributed by atoms with Crippen LogP contribution in [-0.2, 0) is 6.42 Å². The molecule has 0 saturated heterocycles. The van der Waals surface area contributed by atoms with Crippen LogP contribution in [-0.4, -0.2) is 27.5 Å². The van der Waals surface area contributed by atoms with Gasteiger partial charge in [0, 0.05) is 17.7 Å². The molecule has 1 atom stereocenters. The van der Waals surface area contributed by atoms with Gasteiger partial charge in [-0.15, -0.1) is 0 Å². The normalized spacial score (nSPS) is 16.7. The number of hydrogen-bond donors (Lipinski definition) is 4. The summed E-state index contributed by atoms with van der Waals surface area (Å²) in [5.74, 6) is -0.133. The SMILES string of the molecule is COc1cc(C2CCc3c(O)cc(O)cc3O2)cc(O)c1O. The molecule has 6 heteroatoms. The molecule has 2 aromatic rings. The van der Waals surface area contributed by atoms with Gasteiger partial charge in [-0.1, -0.05) is 0 Å². The highest BCUT2D eigenvalue weighted by molar-refractivity contribution is 5.54. The highest BCUT2D eigenvalue weighted by atomic mass is 16.5. The number of phenols is 4. The third kappa shape index (κ3) is 2.32. The van der Waals surface area contributed by atoms with Gasteiger partial charge in [-0.25, -0.2) is 0 Å². The summed E-state index contributed by atoms with van der Waals surface area (Å²) in [5.41, 5.74) is 1.28. The lowest BCUT2D eigenvalue weighted by atomic mass is 9.96. The minimum atomic E-state index is -0.380. The molecule has 1 aliphatic rings. The van der Waals surface area contributed by atoms with Gasteiger partial charge in [0.05, 0.1) is 7.11 Å². The van der Waals surface area contributed by atoms with Gasteiger partial charge in [0.15, 0.2) is 11.5 Å². The number of aromatic hydroxyl groups is 4. The maximum Gasteiger partial charge on any atom is 0.200 e. The number of methoxy groups -OCH3 is 1. The lowest BCUT2D eigenvalue weighted by Gasteiger charge is -2.27. The molecular formula is C16H16O6. The van der Waals surface area contributed by atoms with Crippen LogP contribution >= 0.6 is 0 Å². The molecule has 4 N–H and O–H groups in total. The highest BCUT2D eigenvalue weighted by Gasteiger charge is 2.26. The molecule has 3 rings (SSSR count). The first-order chi connectivity index (χ1) is 10.5. The Bertz CT molecular complexity index is 725. The molecule has 1 heterocycles. The average Bonchev–Trinajstić information content (AvgIpc) is 2.49. The number of phenolic OH excluding ortho intramolecular Hbond substituents is 4. The van der Waals surface area contributed by atoms with Crippen LogP contribution in [0.2, 0.25) is 0 Å². The molecule has 0 fully saturated rings. The van der Waals surface area contributed by atoms with Crippen molar-refractivity contribution in [1.29, 1.82) is 0 Å². The molecule has 0 bridgehead atoms. The van der Waals surface area contributed by atoms with E-state index in [-0.39, 0.29) is 34.9 Å². The van der Waals surface area contributed by atoms with Crippen molar-refractivity contribution in [3.63, 3.8) is 0 Å². The van der Waals surface area contributed by atoms with E-state index in [0.29, 0.717) is 29.7 Å². The summed E-state index contributed by atoms with van der Waals surface area (Å²) in [6.45, 7) is 0. The molecule has 6 nitrogen and oxygen atoms in total. The second-order valence-corrected chi connectivity index (χ2v) is 5.18. The van der Waals surface area contributed by atoms with Gasteiger partial charge < -0.3 is 29.9 Å². The van der Waals surface area contributed by atoms with Gasteiger partial charge >= 0.3 is 0 Å². The van der Waals surface area contributed by atoms with Crippen LogP contribution in [0.3, 0.4) is 0 Å². The molecule has 0 radical (unpaired) electrons. The van der Waals surface area contributed by atoms with E-state index in [2.05, 4.69) is 0 Å². The Morgan fingerprint density at radius 3 is 2.55 bits per heavy atom. The molecule has 1 aliphatic heterocycles. The van der Waals surface area contributed by atoms with Crippen LogP contribution in [0, 0.1) is 0 Å². The standard InChI is InChI=1S/C16H16O6/c1-21-15-5-8(4-12(19)16(15)20)13-3-2-10-11(18)6-9(17)7-14(10)22-13/h4-7,13,17-20H,2-3H2,1H3. The Labute approximate surface area is 126 Å². The lowest BCUT2D eigenvalue weighted by Crippen LogP contribution is -2.15. The molecule has 1 unspecified atom stereocenters. The molecule has 116 valence electrons. The van der Waals surface area contributed by atoms with Crippen molar-refractivity contribution in [3.8, 4) is 34.5 Å². The fourth-order valence-electron chi connectivity index (χ4n) is 2.65. The maximum absolute atomic E-state index is 9.82. The third-order valence-corrected chi connectivity index (χ3v) is 3.76. The second-order valence-electron chi connectivity index (χ2n) is 5.18. The summed E-state index contributed by atoms with van der Waals surface area (Å²) in [6.07, 6.45) is 0.767. The van der Waals surface area contributed by atoms with E-state index in [1.54, 1.807) is 6.07 Å². The minimum Gasteiger partial charge on any atom is -0.508 e. The zero-order valence-electron chi connectivity index (χ0n) is 11.9. The number of ether oxygens (including phenoxy) is 2. The molecule has 0 aromatic heterocycles. The predicted molar refractivity (Wildman–Crippen MR) is 77.8 cm³/mol. The molecular weight excluding hydrogens is 288 g/mol. The van der Waals surface area contributed by atoms with Crippen LogP contribution in [0.4, 0.5) is 0 Å². The van der Waals surface area contributed by atoms with Crippen LogP contribution in [0.1, 0.15) is 23.7 Å². The van der Waals surface area contributed by atoms with E-state index in [4.69, 9.17) is 9.47 Å². The van der Waals surface area contributed by atoms with Gasteiger partial charge in [0.2, 0.25) is 5.75 Å². The van der Waals surface area contributed by atoms with E-state index in [9.17, 15) is 20.4 Å². The molecule has 2 aromatic carbocycles. The molecule has 22 heavy (non-hydrogen) atoms. The summed E-state index contributed by atoms with van der Waals surface area (Å²) >= 11 is 0. The third-order valence-electron chi connectivity index (χ3n) is 3.76. The lowest BCUT2D eigenvalue weighted by molar-refractivity contribution is 0.173. The second kappa shape index (κ2) is 5.22. The van der Waals surface area contributed by atoms with Crippen molar-refractivity contribution in [2.24, 2.45) is 0 Å². The molecule has 0 aliphatic carbocycles. The molecule has 0 spiro atoms. The van der Waals surface area contributed by atoms with Gasteiger partial charge in [-0.05, 0) is 30.5 Å². The molecule has 0 saturated carbocycles. The van der Waals surface area contributed by atoms with Gasteiger partial charge in [0.25, 0.3) is 0 Å². The largest absolute Gasteiger partial charge is 0.508 e. The summed E-state index contributed by atoms with van der Waals surface area (Å²) in [6, 6.07) is 5.72. The fourth-order valence-corrected chi connectivity index (χ4v) is 2.65. The van der Waals surface area contributed by atoms with Crippen molar-refractivity contribution in [2.75, 3.05) is 7.11 Å². The van der Waals surface area contributed by atoms with Crippen LogP contribution in [0.25, 0.3) is 0 Å². The minimum absolute atomic E-state index is 0.000385. The zero-order chi connectivity index (χ0) is 15.9. The van der Waals surface area contributed by atoms with Crippen molar-refractivity contribution >= 4 is 0 Å². The number of benzene rings is 2. The van der Waals surface area contributed by atoms with Crippen molar-refractivity contribution in [1.82, 2.24) is 0 Å². The van der Waals surface area contributed by atoms with Gasteiger partial charge in [-0.2, -0.15) is 0 Å². The number of rotatable bonds is 2. The summed E-state index contributed by atoms with van der Waals surface area (Å²) in [7, 11) is 1.39. The Balaban J connectivity index is 1.96. The Morgan fingerprint density at radius 2 is 1.82 bits per heavy atom. The summed E-state index contributed by atoms with van der Waals surface area (Å²) in [5, 5.41) is 38.8. The monoisotopic (exact) mass is 304 g/mol. The van der Waals surface area contributed by atoms with Crippen LogP contribution in [0.5, 0.6) is 34.5 Å². The predicted octanol–water partition coefficient (Wildman–Crippen LogP) is 2.58. The summed E-state index contributed by atoms with van der Waals surface area (Å²) in [4.78, 5) is 0. The van der Waals surface area contributed by atoms with E-state index in [1.807, 2.05) is 0 Å². The van der Waals surface area contributed by atoms with Gasteiger partial charge in [0.1, 0.15) is 23.4 Å². The van der Waals surface area contributed by atoms with E-state index >= 15 is 0 Å². The molecule has 0 amide bonds. The van der Waals surface area contributed by atoms with Crippen LogP contribution in [0.15, 0.2) is 24.3 Å². The number of fused-ring (bicyclic) bond motifs is 1. The first-order valence-electron chi connectivity index (χ1n) is 6.81.